The fourth-order valence-electron chi connectivity index (χ4n) is 1.34. The molecule has 94 valence electrons. The summed E-state index contributed by atoms with van der Waals surface area (Å²) in [5.41, 5.74) is 0.0166. The zero-order valence-corrected chi connectivity index (χ0v) is 10.5. The molecule has 0 amide bonds. The second kappa shape index (κ2) is 5.68. The quantitative estimate of drug-likeness (QED) is 0.795. The van der Waals surface area contributed by atoms with Crippen LogP contribution in [-0.4, -0.2) is 23.2 Å². The van der Waals surface area contributed by atoms with E-state index in [0.717, 1.165) is 11.3 Å². The molecule has 1 aromatic rings. The molecule has 0 atom stereocenters. The average molecular weight is 237 g/mol. The molecule has 0 heterocycles. The minimum Gasteiger partial charge on any atom is -0.494 e. The molecule has 1 aromatic carbocycles. The smallest absolute Gasteiger partial charge is 0.323 e. The Morgan fingerprint density at radius 3 is 2.65 bits per heavy atom. The Morgan fingerprint density at radius 2 is 2.06 bits per heavy atom. The second-order valence-electron chi connectivity index (χ2n) is 4.32. The number of benzene rings is 1. The first-order chi connectivity index (χ1) is 7.97. The summed E-state index contributed by atoms with van der Waals surface area (Å²) < 4.78 is 5.48. The Kier molecular flexibility index (Phi) is 4.52. The molecular formula is C13H19NO3. The van der Waals surface area contributed by atoms with Crippen LogP contribution in [0, 0.1) is 0 Å². The van der Waals surface area contributed by atoms with E-state index in [1.165, 1.54) is 0 Å². The van der Waals surface area contributed by atoms with Crippen molar-refractivity contribution in [3.8, 4) is 5.75 Å². The zero-order chi connectivity index (χ0) is 12.9. The van der Waals surface area contributed by atoms with Gasteiger partial charge in [0.05, 0.1) is 6.61 Å². The normalized spacial score (nSPS) is 11.2. The molecule has 4 nitrogen and oxygen atoms in total. The molecule has 0 spiro atoms. The number of nitrogens with one attached hydrogen (secondary N) is 1. The first-order valence-corrected chi connectivity index (χ1v) is 5.66. The van der Waals surface area contributed by atoms with Gasteiger partial charge in [0, 0.05) is 12.1 Å². The Bertz CT molecular complexity index is 388. The van der Waals surface area contributed by atoms with Gasteiger partial charge >= 0.3 is 5.97 Å². The highest BCUT2D eigenvalue weighted by Gasteiger charge is 2.26. The number of hydrogen-bond acceptors (Lipinski definition) is 3. The van der Waals surface area contributed by atoms with Gasteiger partial charge in [0.1, 0.15) is 11.3 Å². The first-order valence-electron chi connectivity index (χ1n) is 5.66. The fraction of sp³-hybridized carbons (Fsp3) is 0.462. The number of carboxylic acid groups (broad SMARTS) is 1. The summed E-state index contributed by atoms with van der Waals surface area (Å²) in [6.07, 6.45) is 0. The summed E-state index contributed by atoms with van der Waals surface area (Å²) in [7, 11) is 0. The van der Waals surface area contributed by atoms with E-state index in [-0.39, 0.29) is 0 Å². The van der Waals surface area contributed by atoms with Crippen molar-refractivity contribution in [1.29, 1.82) is 0 Å². The molecule has 0 fully saturated rings. The van der Waals surface area contributed by atoms with E-state index >= 15 is 0 Å². The van der Waals surface area contributed by atoms with Crippen molar-refractivity contribution in [1.82, 2.24) is 5.32 Å². The molecule has 4 heteroatoms. The highest BCUT2D eigenvalue weighted by Crippen LogP contribution is 2.18. The van der Waals surface area contributed by atoms with Crippen molar-refractivity contribution in [2.24, 2.45) is 0 Å². The summed E-state index contributed by atoms with van der Waals surface area (Å²) in [4.78, 5) is 11.0. The van der Waals surface area contributed by atoms with Gasteiger partial charge in [-0.15, -0.1) is 0 Å². The molecular weight excluding hydrogens is 218 g/mol. The summed E-state index contributed by atoms with van der Waals surface area (Å²) >= 11 is 0. The lowest BCUT2D eigenvalue weighted by molar-refractivity contribution is -0.143. The number of aliphatic carboxylic acids is 1. The third-order valence-corrected chi connectivity index (χ3v) is 2.53. The van der Waals surface area contributed by atoms with E-state index in [9.17, 15) is 4.79 Å². The minimum atomic E-state index is -0.945. The van der Waals surface area contributed by atoms with Crippen molar-refractivity contribution in [3.63, 3.8) is 0 Å². The van der Waals surface area contributed by atoms with Gasteiger partial charge < -0.3 is 9.84 Å². The molecule has 0 radical (unpaired) electrons. The fourth-order valence-corrected chi connectivity index (χ4v) is 1.34. The molecule has 0 aliphatic heterocycles. The van der Waals surface area contributed by atoms with Gasteiger partial charge in [-0.3, -0.25) is 10.1 Å². The number of rotatable bonds is 6. The van der Waals surface area contributed by atoms with Gasteiger partial charge in [-0.1, -0.05) is 18.2 Å². The monoisotopic (exact) mass is 237 g/mol. The standard InChI is InChI=1S/C13H19NO3/c1-4-17-11-8-6-5-7-10(11)9-14-13(2,3)12(15)16/h5-8,14H,4,9H2,1-3H3,(H,15,16). The molecule has 17 heavy (non-hydrogen) atoms. The molecule has 1 rings (SSSR count). The predicted molar refractivity (Wildman–Crippen MR) is 66.2 cm³/mol. The van der Waals surface area contributed by atoms with E-state index < -0.39 is 11.5 Å². The summed E-state index contributed by atoms with van der Waals surface area (Å²) in [5.74, 6) is -0.0740. The summed E-state index contributed by atoms with van der Waals surface area (Å²) in [5, 5.41) is 12.0. The van der Waals surface area contributed by atoms with Crippen LogP contribution in [0.3, 0.4) is 0 Å². The van der Waals surface area contributed by atoms with Gasteiger partial charge in [-0.05, 0) is 26.8 Å². The lowest BCUT2D eigenvalue weighted by Gasteiger charge is -2.21. The van der Waals surface area contributed by atoms with Crippen LogP contribution in [0.2, 0.25) is 0 Å². The molecule has 0 bridgehead atoms. The zero-order valence-electron chi connectivity index (χ0n) is 10.5. The number of hydrogen-bond donors (Lipinski definition) is 2. The average Bonchev–Trinajstić information content (AvgIpc) is 2.28. The molecule has 0 saturated carbocycles. The van der Waals surface area contributed by atoms with Crippen LogP contribution in [0.15, 0.2) is 24.3 Å². The third-order valence-electron chi connectivity index (χ3n) is 2.53. The Balaban J connectivity index is 2.72. The first kappa shape index (κ1) is 13.5. The lowest BCUT2D eigenvalue weighted by atomic mass is 10.1. The van der Waals surface area contributed by atoms with Crippen LogP contribution in [0.4, 0.5) is 0 Å². The summed E-state index contributed by atoms with van der Waals surface area (Å²) in [6, 6.07) is 7.62. The topological polar surface area (TPSA) is 58.6 Å². The van der Waals surface area contributed by atoms with Crippen LogP contribution in [0.25, 0.3) is 0 Å². The van der Waals surface area contributed by atoms with Crippen molar-refractivity contribution in [2.45, 2.75) is 32.9 Å². The van der Waals surface area contributed by atoms with E-state index in [4.69, 9.17) is 9.84 Å². The Morgan fingerprint density at radius 1 is 1.41 bits per heavy atom. The van der Waals surface area contributed by atoms with Crippen LogP contribution >= 0.6 is 0 Å². The number of carboxylic acids is 1. The lowest BCUT2D eigenvalue weighted by Crippen LogP contribution is -2.46. The van der Waals surface area contributed by atoms with Gasteiger partial charge in [0.15, 0.2) is 0 Å². The highest BCUT2D eigenvalue weighted by atomic mass is 16.5. The molecule has 0 aliphatic carbocycles. The summed E-state index contributed by atoms with van der Waals surface area (Å²) in [6.45, 7) is 6.26. The van der Waals surface area contributed by atoms with E-state index in [2.05, 4.69) is 5.32 Å². The molecule has 0 unspecified atom stereocenters. The van der Waals surface area contributed by atoms with Crippen LogP contribution in [0.1, 0.15) is 26.3 Å². The number of para-hydroxylation sites is 1. The van der Waals surface area contributed by atoms with E-state index in [0.29, 0.717) is 13.2 Å². The number of carbonyl (C=O) groups is 1. The van der Waals surface area contributed by atoms with Crippen molar-refractivity contribution in [2.75, 3.05) is 6.61 Å². The SMILES string of the molecule is CCOc1ccccc1CNC(C)(C)C(=O)O. The van der Waals surface area contributed by atoms with E-state index in [1.54, 1.807) is 13.8 Å². The van der Waals surface area contributed by atoms with Crippen LogP contribution in [-0.2, 0) is 11.3 Å². The third kappa shape index (κ3) is 3.75. The molecule has 0 aromatic heterocycles. The maximum Gasteiger partial charge on any atom is 0.323 e. The van der Waals surface area contributed by atoms with Gasteiger partial charge in [-0.25, -0.2) is 0 Å². The Hall–Kier alpha value is -1.55. The maximum atomic E-state index is 11.0. The maximum absolute atomic E-state index is 11.0. The van der Waals surface area contributed by atoms with Crippen molar-refractivity contribution in [3.05, 3.63) is 29.8 Å². The van der Waals surface area contributed by atoms with Gasteiger partial charge in [-0.2, -0.15) is 0 Å². The van der Waals surface area contributed by atoms with Crippen molar-refractivity contribution < 1.29 is 14.6 Å². The van der Waals surface area contributed by atoms with Crippen molar-refractivity contribution >= 4 is 5.97 Å². The van der Waals surface area contributed by atoms with E-state index in [1.807, 2.05) is 31.2 Å². The number of ether oxygens (including phenoxy) is 1. The molecule has 0 saturated heterocycles. The molecule has 0 aliphatic rings. The Labute approximate surface area is 102 Å². The molecule has 2 N–H and O–H groups in total. The van der Waals surface area contributed by atoms with Gasteiger partial charge in [0.2, 0.25) is 0 Å². The van der Waals surface area contributed by atoms with Crippen LogP contribution in [0.5, 0.6) is 5.75 Å². The largest absolute Gasteiger partial charge is 0.494 e. The second-order valence-corrected chi connectivity index (χ2v) is 4.32. The predicted octanol–water partition coefficient (Wildman–Crippen LogP) is 2.04. The van der Waals surface area contributed by atoms with Crippen LogP contribution < -0.4 is 10.1 Å². The van der Waals surface area contributed by atoms with Gasteiger partial charge in [0.25, 0.3) is 0 Å². The minimum absolute atomic E-state index is 0.468. The highest BCUT2D eigenvalue weighted by molar-refractivity contribution is 5.77.